The first-order valence-corrected chi connectivity index (χ1v) is 7.42. The Kier molecular flexibility index (Phi) is 5.54. The quantitative estimate of drug-likeness (QED) is 0.753. The minimum Gasteiger partial charge on any atom is -0.309 e. The van der Waals surface area contributed by atoms with Gasteiger partial charge in [-0.05, 0) is 38.2 Å². The number of nitrogens with zero attached hydrogens (tertiary/aromatic N) is 1. The number of hydrogen-bond acceptors (Lipinski definition) is 2. The summed E-state index contributed by atoms with van der Waals surface area (Å²) in [5.74, 6) is 0.142. The molecule has 21 heavy (non-hydrogen) atoms. The Balaban J connectivity index is 2.18. The Morgan fingerprint density at radius 1 is 1.05 bits per heavy atom. The van der Waals surface area contributed by atoms with Gasteiger partial charge in [-0.15, -0.1) is 0 Å². The molecule has 110 valence electrons. The lowest BCUT2D eigenvalue weighted by Crippen LogP contribution is -2.29. The number of ketones is 1. The van der Waals surface area contributed by atoms with Crippen LogP contribution >= 0.6 is 11.6 Å². The van der Waals surface area contributed by atoms with Gasteiger partial charge in [0.05, 0.1) is 0 Å². The molecular weight excluding hydrogens is 282 g/mol. The fourth-order valence-corrected chi connectivity index (χ4v) is 2.55. The molecule has 0 heterocycles. The average Bonchev–Trinajstić information content (AvgIpc) is 2.48. The minimum atomic E-state index is -0.0522. The molecule has 0 aliphatic heterocycles. The van der Waals surface area contributed by atoms with E-state index in [-0.39, 0.29) is 11.7 Å². The maximum Gasteiger partial charge on any atom is 0.167 e. The second kappa shape index (κ2) is 7.39. The summed E-state index contributed by atoms with van der Waals surface area (Å²) in [5.41, 5.74) is 1.91. The first-order chi connectivity index (χ1) is 10.1. The van der Waals surface area contributed by atoms with Crippen molar-refractivity contribution in [2.75, 3.05) is 20.6 Å². The van der Waals surface area contributed by atoms with Crippen LogP contribution in [0.25, 0.3) is 0 Å². The van der Waals surface area contributed by atoms with Crippen molar-refractivity contribution in [1.29, 1.82) is 0 Å². The Hall–Kier alpha value is -1.64. The van der Waals surface area contributed by atoms with Crippen molar-refractivity contribution in [2.45, 2.75) is 6.42 Å². The zero-order valence-corrected chi connectivity index (χ0v) is 13.2. The van der Waals surface area contributed by atoms with Gasteiger partial charge in [0.25, 0.3) is 0 Å². The normalized spacial score (nSPS) is 12.4. The van der Waals surface area contributed by atoms with Gasteiger partial charge in [-0.1, -0.05) is 54.1 Å². The van der Waals surface area contributed by atoms with E-state index in [0.29, 0.717) is 0 Å². The van der Waals surface area contributed by atoms with Gasteiger partial charge in [-0.3, -0.25) is 4.79 Å². The summed E-state index contributed by atoms with van der Waals surface area (Å²) in [4.78, 5) is 14.8. The molecule has 0 aliphatic carbocycles. The summed E-state index contributed by atoms with van der Waals surface area (Å²) in [6, 6.07) is 17.2. The molecule has 0 bridgehead atoms. The smallest absolute Gasteiger partial charge is 0.167 e. The van der Waals surface area contributed by atoms with E-state index in [9.17, 15) is 4.79 Å². The molecule has 2 nitrogen and oxygen atoms in total. The van der Waals surface area contributed by atoms with Crippen molar-refractivity contribution in [1.82, 2.24) is 4.90 Å². The van der Waals surface area contributed by atoms with Crippen molar-refractivity contribution in [3.05, 3.63) is 70.7 Å². The lowest BCUT2D eigenvalue weighted by Gasteiger charge is -2.20. The molecule has 0 radical (unpaired) electrons. The maximum absolute atomic E-state index is 12.7. The van der Waals surface area contributed by atoms with E-state index in [2.05, 4.69) is 4.90 Å². The van der Waals surface area contributed by atoms with E-state index in [0.717, 1.165) is 29.1 Å². The van der Waals surface area contributed by atoms with Gasteiger partial charge in [0.2, 0.25) is 0 Å². The molecule has 1 atom stereocenters. The summed E-state index contributed by atoms with van der Waals surface area (Å²) in [5, 5.41) is 0.720. The number of carbonyl (C=O) groups is 1. The highest BCUT2D eigenvalue weighted by molar-refractivity contribution is 6.30. The van der Waals surface area contributed by atoms with E-state index in [4.69, 9.17) is 11.6 Å². The van der Waals surface area contributed by atoms with Gasteiger partial charge < -0.3 is 4.90 Å². The van der Waals surface area contributed by atoms with Crippen molar-refractivity contribution in [3.8, 4) is 0 Å². The topological polar surface area (TPSA) is 20.3 Å². The van der Waals surface area contributed by atoms with Gasteiger partial charge >= 0.3 is 0 Å². The van der Waals surface area contributed by atoms with Crippen LogP contribution in [-0.4, -0.2) is 31.3 Å². The third-order valence-electron chi connectivity index (χ3n) is 3.41. The first kappa shape index (κ1) is 15.7. The highest BCUT2D eigenvalue weighted by Gasteiger charge is 2.21. The summed E-state index contributed by atoms with van der Waals surface area (Å²) < 4.78 is 0. The molecular formula is C18H20ClNO. The molecule has 3 heteroatoms. The van der Waals surface area contributed by atoms with Crippen molar-refractivity contribution < 1.29 is 4.79 Å². The largest absolute Gasteiger partial charge is 0.309 e. The Morgan fingerprint density at radius 3 is 2.24 bits per heavy atom. The van der Waals surface area contributed by atoms with Crippen LogP contribution in [0.2, 0.25) is 5.02 Å². The second-order valence-electron chi connectivity index (χ2n) is 5.52. The van der Waals surface area contributed by atoms with Gasteiger partial charge in [0, 0.05) is 23.0 Å². The molecule has 0 amide bonds. The van der Waals surface area contributed by atoms with Crippen LogP contribution in [0.4, 0.5) is 0 Å². The predicted molar refractivity (Wildman–Crippen MR) is 88.0 cm³/mol. The highest BCUT2D eigenvalue weighted by Crippen LogP contribution is 2.18. The van der Waals surface area contributed by atoms with E-state index < -0.39 is 0 Å². The fourth-order valence-electron chi connectivity index (χ4n) is 2.42. The molecule has 2 aromatic carbocycles. The zero-order chi connectivity index (χ0) is 15.2. The van der Waals surface area contributed by atoms with Crippen LogP contribution < -0.4 is 0 Å². The average molecular weight is 302 g/mol. The third-order valence-corrected chi connectivity index (χ3v) is 3.66. The Bertz CT molecular complexity index is 578. The zero-order valence-electron chi connectivity index (χ0n) is 12.4. The molecule has 2 rings (SSSR count). The standard InChI is InChI=1S/C18H20ClNO/c1-20(2)13-16(12-14-8-10-17(19)11-9-14)18(21)15-6-4-3-5-7-15/h3-11,16H,12-13H2,1-2H3/t16-/m1/s1. The molecule has 0 spiro atoms. The van der Waals surface area contributed by atoms with Gasteiger partial charge in [-0.2, -0.15) is 0 Å². The molecule has 0 saturated carbocycles. The van der Waals surface area contributed by atoms with Crippen molar-refractivity contribution >= 4 is 17.4 Å². The minimum absolute atomic E-state index is 0.0522. The summed E-state index contributed by atoms with van der Waals surface area (Å²) in [7, 11) is 3.99. The predicted octanol–water partition coefficient (Wildman–Crippen LogP) is 3.94. The molecule has 0 aromatic heterocycles. The number of halogens is 1. The van der Waals surface area contributed by atoms with E-state index >= 15 is 0 Å². The molecule has 0 saturated heterocycles. The molecule has 0 fully saturated rings. The van der Waals surface area contributed by atoms with Crippen molar-refractivity contribution in [3.63, 3.8) is 0 Å². The first-order valence-electron chi connectivity index (χ1n) is 7.04. The van der Waals surface area contributed by atoms with E-state index in [1.165, 1.54) is 0 Å². The Morgan fingerprint density at radius 2 is 1.67 bits per heavy atom. The molecule has 2 aromatic rings. The third kappa shape index (κ3) is 4.69. The van der Waals surface area contributed by atoms with Crippen LogP contribution in [-0.2, 0) is 6.42 Å². The van der Waals surface area contributed by atoms with Crippen LogP contribution in [0.1, 0.15) is 15.9 Å². The number of carbonyl (C=O) groups excluding carboxylic acids is 1. The number of rotatable bonds is 6. The van der Waals surface area contributed by atoms with E-state index in [1.54, 1.807) is 0 Å². The van der Waals surface area contributed by atoms with Crippen molar-refractivity contribution in [2.24, 2.45) is 5.92 Å². The summed E-state index contributed by atoms with van der Waals surface area (Å²) >= 11 is 5.92. The summed E-state index contributed by atoms with van der Waals surface area (Å²) in [6.45, 7) is 0.732. The van der Waals surface area contributed by atoms with Crippen LogP contribution in [0.15, 0.2) is 54.6 Å². The van der Waals surface area contributed by atoms with Crippen LogP contribution in [0.3, 0.4) is 0 Å². The number of hydrogen-bond donors (Lipinski definition) is 0. The number of Topliss-reactive ketones (excluding diaryl/α,β-unsaturated/α-hetero) is 1. The fraction of sp³-hybridized carbons (Fsp3) is 0.278. The molecule has 0 N–H and O–H groups in total. The SMILES string of the molecule is CN(C)C[C@@H](Cc1ccc(Cl)cc1)C(=O)c1ccccc1. The lowest BCUT2D eigenvalue weighted by atomic mass is 9.91. The van der Waals surface area contributed by atoms with Crippen LogP contribution in [0.5, 0.6) is 0 Å². The Labute approximate surface area is 131 Å². The number of benzene rings is 2. The molecule has 0 aliphatic rings. The lowest BCUT2D eigenvalue weighted by molar-refractivity contribution is 0.0896. The van der Waals surface area contributed by atoms with Crippen LogP contribution in [0, 0.1) is 5.92 Å². The second-order valence-corrected chi connectivity index (χ2v) is 5.96. The molecule has 0 unspecified atom stereocenters. The van der Waals surface area contributed by atoms with Gasteiger partial charge in [0.1, 0.15) is 0 Å². The summed E-state index contributed by atoms with van der Waals surface area (Å²) in [6.07, 6.45) is 0.725. The monoisotopic (exact) mass is 301 g/mol. The van der Waals surface area contributed by atoms with Gasteiger partial charge in [0.15, 0.2) is 5.78 Å². The van der Waals surface area contributed by atoms with Gasteiger partial charge in [-0.25, -0.2) is 0 Å². The highest BCUT2D eigenvalue weighted by atomic mass is 35.5. The maximum atomic E-state index is 12.7. The van der Waals surface area contributed by atoms with E-state index in [1.807, 2.05) is 68.7 Å².